The number of amides is 3. The number of rotatable bonds is 8. The summed E-state index contributed by atoms with van der Waals surface area (Å²) in [6.45, 7) is 5.80. The zero-order valence-electron chi connectivity index (χ0n) is 24.3. The first kappa shape index (κ1) is 28.7. The van der Waals surface area contributed by atoms with Crippen LogP contribution in [-0.2, 0) is 20.9 Å². The molecule has 0 aromatic heterocycles. The van der Waals surface area contributed by atoms with E-state index in [1.165, 1.54) is 0 Å². The molecule has 6 rings (SSSR count). The van der Waals surface area contributed by atoms with Gasteiger partial charge < -0.3 is 19.8 Å². The van der Waals surface area contributed by atoms with Gasteiger partial charge in [0.15, 0.2) is 0 Å². The second-order valence-corrected chi connectivity index (χ2v) is 13.8. The molecule has 0 bridgehead atoms. The van der Waals surface area contributed by atoms with Crippen LogP contribution in [0.2, 0.25) is 0 Å². The molecule has 1 spiro atoms. The maximum absolute atomic E-state index is 14.8. The van der Waals surface area contributed by atoms with Gasteiger partial charge in [-0.2, -0.15) is 0 Å². The van der Waals surface area contributed by atoms with Crippen molar-refractivity contribution in [3.05, 3.63) is 96.1 Å². The normalized spacial score (nSPS) is 31.1. The number of aliphatic hydroxyl groups is 1. The lowest BCUT2D eigenvalue weighted by atomic mass is 9.74. The van der Waals surface area contributed by atoms with E-state index in [4.69, 9.17) is 0 Å². The smallest absolute Gasteiger partial charge is 0.247 e. The highest BCUT2D eigenvalue weighted by atomic mass is 32.2. The Morgan fingerprint density at radius 1 is 0.881 bits per heavy atom. The van der Waals surface area contributed by atoms with Gasteiger partial charge in [0.25, 0.3) is 0 Å². The van der Waals surface area contributed by atoms with Crippen molar-refractivity contribution in [2.75, 3.05) is 26.2 Å². The van der Waals surface area contributed by atoms with Gasteiger partial charge in [-0.25, -0.2) is 0 Å². The quantitative estimate of drug-likeness (QED) is 0.470. The Bertz CT molecular complexity index is 1400. The fourth-order valence-corrected chi connectivity index (χ4v) is 9.56. The number of fused-ring (bicyclic) bond motifs is 2. The fourth-order valence-electron chi connectivity index (χ4n) is 7.42. The molecule has 0 aliphatic carbocycles. The third kappa shape index (κ3) is 4.60. The Morgan fingerprint density at radius 3 is 2.24 bits per heavy atom. The van der Waals surface area contributed by atoms with E-state index < -0.39 is 33.4 Å². The molecule has 0 radical (unpaired) electrons. The summed E-state index contributed by atoms with van der Waals surface area (Å²) in [5.74, 6) is -1.80. The summed E-state index contributed by atoms with van der Waals surface area (Å²) in [6.07, 6.45) is 10.0. The number of aliphatic hydroxyl groups excluding tert-OH is 1. The minimum absolute atomic E-state index is 0.0668. The highest BCUT2D eigenvalue weighted by molar-refractivity contribution is 8.02. The van der Waals surface area contributed by atoms with Crippen molar-refractivity contribution in [3.63, 3.8) is 0 Å². The first-order chi connectivity index (χ1) is 20.3. The van der Waals surface area contributed by atoms with Gasteiger partial charge in [0, 0.05) is 30.9 Å². The van der Waals surface area contributed by atoms with Crippen LogP contribution in [0, 0.1) is 11.8 Å². The fraction of sp³-hybridized carbons (Fsp3) is 0.441. The van der Waals surface area contributed by atoms with E-state index in [-0.39, 0.29) is 24.3 Å². The predicted molar refractivity (Wildman–Crippen MR) is 164 cm³/mol. The highest BCUT2D eigenvalue weighted by Gasteiger charge is 2.74. The van der Waals surface area contributed by atoms with Gasteiger partial charge in [-0.15, -0.1) is 11.8 Å². The van der Waals surface area contributed by atoms with Crippen LogP contribution in [0.5, 0.6) is 0 Å². The van der Waals surface area contributed by atoms with E-state index in [0.717, 1.165) is 24.0 Å². The Kier molecular flexibility index (Phi) is 7.79. The topological polar surface area (TPSA) is 81.2 Å². The van der Waals surface area contributed by atoms with Gasteiger partial charge in [0.1, 0.15) is 6.04 Å². The number of thioether (sulfide) groups is 1. The summed E-state index contributed by atoms with van der Waals surface area (Å²) < 4.78 is -1.61. The van der Waals surface area contributed by atoms with Crippen LogP contribution in [0.15, 0.2) is 85.0 Å². The molecule has 7 nitrogen and oxygen atoms in total. The van der Waals surface area contributed by atoms with E-state index in [1.807, 2.05) is 89.5 Å². The Balaban J connectivity index is 1.46. The van der Waals surface area contributed by atoms with Crippen molar-refractivity contribution in [2.45, 2.75) is 54.8 Å². The third-order valence-corrected chi connectivity index (χ3v) is 11.1. The highest BCUT2D eigenvalue weighted by Crippen LogP contribution is 2.66. The van der Waals surface area contributed by atoms with Gasteiger partial charge in [-0.05, 0) is 24.5 Å². The molecule has 8 heteroatoms. The molecular formula is C34H39N3O4S. The number of unbranched alkanes of at least 4 members (excludes halogenated alkanes) is 1. The molecule has 1 N–H and O–H groups in total. The van der Waals surface area contributed by atoms with Crippen molar-refractivity contribution in [1.82, 2.24) is 14.7 Å². The maximum atomic E-state index is 14.8. The predicted octanol–water partition coefficient (Wildman–Crippen LogP) is 4.20. The van der Waals surface area contributed by atoms with Crippen molar-refractivity contribution < 1.29 is 19.5 Å². The lowest BCUT2D eigenvalue weighted by Gasteiger charge is -2.40. The second-order valence-electron chi connectivity index (χ2n) is 12.0. The summed E-state index contributed by atoms with van der Waals surface area (Å²) in [4.78, 5) is 49.2. The molecule has 4 aliphatic rings. The molecule has 4 heterocycles. The van der Waals surface area contributed by atoms with E-state index in [9.17, 15) is 19.5 Å². The van der Waals surface area contributed by atoms with Crippen molar-refractivity contribution in [2.24, 2.45) is 11.8 Å². The summed E-state index contributed by atoms with van der Waals surface area (Å²) in [5, 5.41) is 10.7. The minimum atomic E-state index is -0.938. The van der Waals surface area contributed by atoms with Crippen LogP contribution in [0.3, 0.4) is 0 Å². The van der Waals surface area contributed by atoms with E-state index in [2.05, 4.69) is 19.1 Å². The molecule has 4 aliphatic heterocycles. The summed E-state index contributed by atoms with van der Waals surface area (Å²) in [5.41, 5.74) is 1.80. The number of likely N-dealkylation sites (tertiary alicyclic amines) is 1. The average Bonchev–Trinajstić information content (AvgIpc) is 3.27. The molecule has 2 aromatic carbocycles. The van der Waals surface area contributed by atoms with Gasteiger partial charge in [0.05, 0.1) is 29.2 Å². The molecule has 0 saturated carbocycles. The second kappa shape index (κ2) is 11.4. The number of nitrogens with zero attached hydrogens (tertiary/aromatic N) is 3. The SMILES string of the molecule is CCCCN1CC=C[C@]23S[C@]4(C)C=CCN(Cc5ccccc5)C(=O)[C@@H]4[C@H]2C(=O)N([C@H](CO)c2ccccc2)C3C1=O. The third-order valence-electron chi connectivity index (χ3n) is 9.35. The molecule has 2 aromatic rings. The number of carbonyl (C=O) groups excluding carboxylic acids is 3. The van der Waals surface area contributed by atoms with Gasteiger partial charge in [-0.1, -0.05) is 98.3 Å². The maximum Gasteiger partial charge on any atom is 0.247 e. The van der Waals surface area contributed by atoms with Crippen molar-refractivity contribution >= 4 is 29.5 Å². The van der Waals surface area contributed by atoms with E-state index >= 15 is 0 Å². The van der Waals surface area contributed by atoms with Crippen LogP contribution in [-0.4, -0.2) is 79.3 Å². The zero-order chi connectivity index (χ0) is 29.5. The minimum Gasteiger partial charge on any atom is -0.394 e. The van der Waals surface area contributed by atoms with Gasteiger partial charge in [0.2, 0.25) is 17.7 Å². The van der Waals surface area contributed by atoms with Crippen LogP contribution in [0.4, 0.5) is 0 Å². The van der Waals surface area contributed by atoms with Crippen LogP contribution in [0.1, 0.15) is 43.9 Å². The number of benzene rings is 2. The molecule has 2 saturated heterocycles. The Labute approximate surface area is 252 Å². The molecular weight excluding hydrogens is 546 g/mol. The summed E-state index contributed by atoms with van der Waals surface area (Å²) >= 11 is 1.59. The van der Waals surface area contributed by atoms with Crippen molar-refractivity contribution in [1.29, 1.82) is 0 Å². The first-order valence-corrected chi connectivity index (χ1v) is 15.8. The van der Waals surface area contributed by atoms with Crippen LogP contribution < -0.4 is 0 Å². The summed E-state index contributed by atoms with van der Waals surface area (Å²) in [6, 6.07) is 17.8. The molecule has 1 unspecified atom stereocenters. The number of carbonyl (C=O) groups is 3. The molecule has 2 fully saturated rings. The molecule has 220 valence electrons. The zero-order valence-corrected chi connectivity index (χ0v) is 25.1. The van der Waals surface area contributed by atoms with Gasteiger partial charge >= 0.3 is 0 Å². The van der Waals surface area contributed by atoms with Crippen molar-refractivity contribution in [3.8, 4) is 0 Å². The van der Waals surface area contributed by atoms with Crippen LogP contribution >= 0.6 is 11.8 Å². The largest absolute Gasteiger partial charge is 0.394 e. The number of hydrogen-bond donors (Lipinski definition) is 1. The average molecular weight is 586 g/mol. The molecule has 42 heavy (non-hydrogen) atoms. The lowest BCUT2D eigenvalue weighted by Crippen LogP contribution is -2.54. The monoisotopic (exact) mass is 585 g/mol. The Hall–Kier alpha value is -3.36. The molecule has 6 atom stereocenters. The van der Waals surface area contributed by atoms with Gasteiger partial charge in [-0.3, -0.25) is 14.4 Å². The van der Waals surface area contributed by atoms with E-state index in [1.54, 1.807) is 16.7 Å². The first-order valence-electron chi connectivity index (χ1n) is 15.0. The number of hydrogen-bond acceptors (Lipinski definition) is 5. The summed E-state index contributed by atoms with van der Waals surface area (Å²) in [7, 11) is 0. The lowest BCUT2D eigenvalue weighted by molar-refractivity contribution is -0.147. The standard InChI is InChI=1S/C34H39N3O4S/c1-3-4-19-35-20-12-18-34-28(31(40)37(29(34)32(35)41)26(23-38)25-15-9-6-10-16-25)27-30(39)36(21-11-17-33(27,2)42-34)22-24-13-7-5-8-14-24/h5-18,26-29,38H,3-4,19-23H2,1-2H3/t26-,27+,28+,29?,33-,34+/m1/s1. The van der Waals surface area contributed by atoms with E-state index in [0.29, 0.717) is 26.2 Å². The Morgan fingerprint density at radius 2 is 1.55 bits per heavy atom. The molecule has 3 amide bonds. The van der Waals surface area contributed by atoms with Crippen LogP contribution in [0.25, 0.3) is 0 Å².